The number of likely N-dealkylation sites (N-methyl/N-ethyl adjacent to an activating group) is 1. The van der Waals surface area contributed by atoms with Gasteiger partial charge in [0.2, 0.25) is 5.91 Å². The highest BCUT2D eigenvalue weighted by Crippen LogP contribution is 2.49. The summed E-state index contributed by atoms with van der Waals surface area (Å²) < 4.78 is 0. The normalized spacial score (nSPS) is 32.0. The molecule has 1 amide bonds. The molecule has 3 nitrogen and oxygen atoms in total. The molecule has 0 spiro atoms. The first-order chi connectivity index (χ1) is 11.1. The van der Waals surface area contributed by atoms with Crippen molar-refractivity contribution in [2.45, 2.75) is 51.4 Å². The quantitative estimate of drug-likeness (QED) is 0.924. The number of carbonyl (C=O) groups is 1. The molecule has 0 saturated heterocycles. The van der Waals surface area contributed by atoms with Crippen LogP contribution in [0.2, 0.25) is 0 Å². The molecule has 1 unspecified atom stereocenters. The number of aryl methyl sites for hydroxylation is 1. The molecule has 0 radical (unpaired) electrons. The second kappa shape index (κ2) is 5.54. The van der Waals surface area contributed by atoms with E-state index in [1.165, 1.54) is 55.3 Å². The highest BCUT2D eigenvalue weighted by Gasteiger charge is 2.41. The second-order valence-electron chi connectivity index (χ2n) is 8.14. The van der Waals surface area contributed by atoms with E-state index in [2.05, 4.69) is 42.4 Å². The molecule has 4 aliphatic rings. The Kier molecular flexibility index (Phi) is 3.62. The van der Waals surface area contributed by atoms with Crippen molar-refractivity contribution in [2.75, 3.05) is 25.0 Å². The topological polar surface area (TPSA) is 32.3 Å². The summed E-state index contributed by atoms with van der Waals surface area (Å²) >= 11 is 0. The van der Waals surface area contributed by atoms with Crippen LogP contribution in [0.5, 0.6) is 0 Å². The van der Waals surface area contributed by atoms with E-state index in [1.54, 1.807) is 0 Å². The van der Waals surface area contributed by atoms with E-state index in [1.807, 2.05) is 0 Å². The van der Waals surface area contributed by atoms with E-state index >= 15 is 0 Å². The lowest BCUT2D eigenvalue weighted by atomic mass is 9.61. The number of benzene rings is 1. The second-order valence-corrected chi connectivity index (χ2v) is 8.14. The van der Waals surface area contributed by atoms with Gasteiger partial charge in [-0.1, -0.05) is 12.1 Å². The van der Waals surface area contributed by atoms with Gasteiger partial charge in [-0.15, -0.1) is 0 Å². The van der Waals surface area contributed by atoms with Gasteiger partial charge < -0.3 is 10.2 Å². The van der Waals surface area contributed by atoms with Crippen molar-refractivity contribution in [3.8, 4) is 0 Å². The minimum absolute atomic E-state index is 0.00692. The Hall–Kier alpha value is -1.51. The van der Waals surface area contributed by atoms with E-state index in [-0.39, 0.29) is 11.8 Å². The minimum Gasteiger partial charge on any atom is -0.373 e. The number of hydrogen-bond donors (Lipinski definition) is 1. The van der Waals surface area contributed by atoms with E-state index < -0.39 is 0 Å². The van der Waals surface area contributed by atoms with Crippen molar-refractivity contribution < 1.29 is 4.79 Å². The van der Waals surface area contributed by atoms with Crippen molar-refractivity contribution >= 4 is 11.6 Å². The van der Waals surface area contributed by atoms with E-state index in [9.17, 15) is 4.79 Å². The fraction of sp³-hybridized carbons (Fsp3) is 0.650. The number of hydrogen-bond acceptors (Lipinski definition) is 2. The van der Waals surface area contributed by atoms with Gasteiger partial charge in [-0.2, -0.15) is 0 Å². The molecule has 1 heterocycles. The van der Waals surface area contributed by atoms with E-state index in [0.29, 0.717) is 5.41 Å². The summed E-state index contributed by atoms with van der Waals surface area (Å²) in [6, 6.07) is 6.35. The average molecular weight is 312 g/mol. The van der Waals surface area contributed by atoms with Crippen LogP contribution < -0.4 is 10.2 Å². The Labute approximate surface area is 139 Å². The van der Waals surface area contributed by atoms with Gasteiger partial charge in [0.1, 0.15) is 0 Å². The first kappa shape index (κ1) is 15.0. The predicted molar refractivity (Wildman–Crippen MR) is 93.8 cm³/mol. The molecule has 1 aromatic rings. The lowest BCUT2D eigenvalue weighted by molar-refractivity contribution is -0.123. The maximum atomic E-state index is 12.9. The summed E-state index contributed by atoms with van der Waals surface area (Å²) in [6.45, 7) is 3.82. The molecule has 1 atom stereocenters. The molecule has 23 heavy (non-hydrogen) atoms. The molecular formula is C20H28N2O. The zero-order chi connectivity index (χ0) is 16.0. The number of amides is 1. The summed E-state index contributed by atoms with van der Waals surface area (Å²) in [6.07, 6.45) is 8.09. The van der Waals surface area contributed by atoms with Gasteiger partial charge in [-0.3, -0.25) is 4.79 Å². The molecular weight excluding hydrogens is 284 g/mol. The monoisotopic (exact) mass is 312 g/mol. The Balaban J connectivity index is 1.46. The third-order valence-electron chi connectivity index (χ3n) is 6.72. The highest BCUT2D eigenvalue weighted by molar-refractivity contribution is 5.89. The van der Waals surface area contributed by atoms with Gasteiger partial charge in [-0.25, -0.2) is 0 Å². The fourth-order valence-electron chi connectivity index (χ4n) is 5.13. The van der Waals surface area contributed by atoms with Crippen LogP contribution in [0, 0.1) is 18.3 Å². The molecule has 3 heteroatoms. The zero-order valence-corrected chi connectivity index (χ0v) is 14.4. The van der Waals surface area contributed by atoms with Crippen LogP contribution in [0.4, 0.5) is 5.69 Å². The minimum atomic E-state index is -0.00692. The molecule has 3 saturated carbocycles. The van der Waals surface area contributed by atoms with E-state index in [0.717, 1.165) is 19.0 Å². The summed E-state index contributed by atoms with van der Waals surface area (Å²) in [5.41, 5.74) is 4.10. The maximum Gasteiger partial charge on any atom is 0.229 e. The van der Waals surface area contributed by atoms with Crippen molar-refractivity contribution in [1.82, 2.24) is 5.32 Å². The number of fused-ring (bicyclic) bond motifs is 4. The van der Waals surface area contributed by atoms with Crippen LogP contribution >= 0.6 is 0 Å². The number of rotatable bonds is 3. The van der Waals surface area contributed by atoms with Crippen LogP contribution in [-0.2, 0) is 4.79 Å². The summed E-state index contributed by atoms with van der Waals surface area (Å²) in [7, 11) is 2.09. The van der Waals surface area contributed by atoms with Crippen LogP contribution in [0.25, 0.3) is 0 Å². The lowest BCUT2D eigenvalue weighted by Crippen LogP contribution is -2.45. The SMILES string of the molecule is Cc1cccc2c1C(C(=O)NCC13CCC(CC1)CC3)CN2C. The van der Waals surface area contributed by atoms with Gasteiger partial charge in [0.25, 0.3) is 0 Å². The molecule has 3 aliphatic carbocycles. The van der Waals surface area contributed by atoms with Crippen molar-refractivity contribution in [1.29, 1.82) is 0 Å². The number of nitrogens with one attached hydrogen (secondary N) is 1. The number of nitrogens with zero attached hydrogens (tertiary/aromatic N) is 1. The Morgan fingerprint density at radius 2 is 1.96 bits per heavy atom. The summed E-state index contributed by atoms with van der Waals surface area (Å²) in [5, 5.41) is 3.33. The lowest BCUT2D eigenvalue weighted by Gasteiger charge is -2.46. The van der Waals surface area contributed by atoms with Crippen LogP contribution in [0.1, 0.15) is 55.6 Å². The largest absolute Gasteiger partial charge is 0.373 e. The van der Waals surface area contributed by atoms with Gasteiger partial charge in [-0.05, 0) is 74.0 Å². The van der Waals surface area contributed by atoms with Gasteiger partial charge in [0, 0.05) is 25.8 Å². The van der Waals surface area contributed by atoms with Crippen molar-refractivity contribution in [2.24, 2.45) is 11.3 Å². The van der Waals surface area contributed by atoms with Crippen LogP contribution in [0.15, 0.2) is 18.2 Å². The Bertz CT molecular complexity index is 602. The highest BCUT2D eigenvalue weighted by atomic mass is 16.1. The molecule has 5 rings (SSSR count). The average Bonchev–Trinajstić information content (AvgIpc) is 2.93. The first-order valence-corrected chi connectivity index (χ1v) is 9.16. The van der Waals surface area contributed by atoms with Crippen molar-refractivity contribution in [3.05, 3.63) is 29.3 Å². The zero-order valence-electron chi connectivity index (χ0n) is 14.4. The summed E-state index contributed by atoms with van der Waals surface area (Å²) in [4.78, 5) is 15.1. The molecule has 124 valence electrons. The van der Waals surface area contributed by atoms with Crippen molar-refractivity contribution in [3.63, 3.8) is 0 Å². The molecule has 1 N–H and O–H groups in total. The molecule has 2 bridgehead atoms. The summed E-state index contributed by atoms with van der Waals surface area (Å²) in [5.74, 6) is 1.20. The maximum absolute atomic E-state index is 12.9. The number of carbonyl (C=O) groups excluding carboxylic acids is 1. The Morgan fingerprint density at radius 3 is 2.65 bits per heavy atom. The van der Waals surface area contributed by atoms with E-state index in [4.69, 9.17) is 0 Å². The first-order valence-electron chi connectivity index (χ1n) is 9.16. The van der Waals surface area contributed by atoms with Gasteiger partial charge >= 0.3 is 0 Å². The van der Waals surface area contributed by atoms with Gasteiger partial charge in [0.15, 0.2) is 0 Å². The molecule has 3 fully saturated rings. The third-order valence-corrected chi connectivity index (χ3v) is 6.72. The third kappa shape index (κ3) is 2.54. The predicted octanol–water partition coefficient (Wildman–Crippen LogP) is 3.62. The standard InChI is InChI=1S/C20H28N2O/c1-14-4-3-5-17-18(14)16(12-22(17)2)19(23)21-13-20-9-6-15(7-10-20)8-11-20/h3-5,15-16H,6-13H2,1-2H3,(H,21,23). The van der Waals surface area contributed by atoms with Crippen LogP contribution in [0.3, 0.4) is 0 Å². The van der Waals surface area contributed by atoms with Gasteiger partial charge in [0.05, 0.1) is 5.92 Å². The molecule has 1 aliphatic heterocycles. The fourth-order valence-corrected chi connectivity index (χ4v) is 5.13. The van der Waals surface area contributed by atoms with Crippen LogP contribution in [-0.4, -0.2) is 26.0 Å². The number of anilines is 1. The Morgan fingerprint density at radius 1 is 1.26 bits per heavy atom. The smallest absolute Gasteiger partial charge is 0.229 e. The molecule has 0 aromatic heterocycles. The molecule has 1 aromatic carbocycles.